The fourth-order valence-corrected chi connectivity index (χ4v) is 2.30. The molecule has 1 aliphatic heterocycles. The number of carbonyl (C=O) groups excluding carboxylic acids is 2. The van der Waals surface area contributed by atoms with Gasteiger partial charge in [0, 0.05) is 40.2 Å². The maximum Gasteiger partial charge on any atom is 0.256 e. The lowest BCUT2D eigenvalue weighted by Gasteiger charge is -2.33. The molecular weight excluding hydrogens is 254 g/mol. The Labute approximate surface area is 119 Å². The number of likely N-dealkylation sites (N-methyl/N-ethyl adjacent to an activating group) is 1. The monoisotopic (exact) mass is 275 g/mol. The van der Waals surface area contributed by atoms with E-state index in [0.717, 1.165) is 26.2 Å². The van der Waals surface area contributed by atoms with Crippen LogP contribution in [0.1, 0.15) is 17.3 Å². The van der Waals surface area contributed by atoms with E-state index >= 15 is 0 Å². The van der Waals surface area contributed by atoms with Crippen molar-refractivity contribution in [2.75, 3.05) is 45.2 Å². The number of benzene rings is 1. The van der Waals surface area contributed by atoms with Gasteiger partial charge in [-0.05, 0) is 19.2 Å². The molecule has 0 bridgehead atoms. The van der Waals surface area contributed by atoms with Crippen molar-refractivity contribution in [2.45, 2.75) is 6.92 Å². The summed E-state index contributed by atoms with van der Waals surface area (Å²) in [6.07, 6.45) is 0. The molecule has 0 unspecified atom stereocenters. The van der Waals surface area contributed by atoms with Crippen molar-refractivity contribution in [1.29, 1.82) is 0 Å². The van der Waals surface area contributed by atoms with Crippen molar-refractivity contribution in [1.82, 2.24) is 9.80 Å². The van der Waals surface area contributed by atoms with Gasteiger partial charge < -0.3 is 14.7 Å². The maximum atomic E-state index is 12.6. The lowest BCUT2D eigenvalue weighted by molar-refractivity contribution is -0.116. The largest absolute Gasteiger partial charge is 0.336 e. The van der Waals surface area contributed by atoms with Crippen molar-refractivity contribution in [2.24, 2.45) is 0 Å². The molecule has 0 spiro atoms. The van der Waals surface area contributed by atoms with E-state index in [-0.39, 0.29) is 11.8 Å². The summed E-state index contributed by atoms with van der Waals surface area (Å²) in [7, 11) is 3.75. The lowest BCUT2D eigenvalue weighted by Crippen LogP contribution is -2.47. The molecule has 5 nitrogen and oxygen atoms in total. The van der Waals surface area contributed by atoms with Crippen molar-refractivity contribution in [3.63, 3.8) is 0 Å². The summed E-state index contributed by atoms with van der Waals surface area (Å²) in [6.45, 7) is 4.73. The second kappa shape index (κ2) is 6.05. The van der Waals surface area contributed by atoms with Gasteiger partial charge in [0.05, 0.1) is 11.3 Å². The smallest absolute Gasteiger partial charge is 0.256 e. The molecule has 1 saturated heterocycles. The number of carbonyl (C=O) groups is 2. The van der Waals surface area contributed by atoms with Gasteiger partial charge in [-0.1, -0.05) is 12.1 Å². The Hall–Kier alpha value is -1.88. The summed E-state index contributed by atoms with van der Waals surface area (Å²) in [6, 6.07) is 7.27. The van der Waals surface area contributed by atoms with Gasteiger partial charge in [0.25, 0.3) is 5.91 Å². The molecule has 1 aromatic carbocycles. The Bertz CT molecular complexity index is 508. The minimum absolute atomic E-state index is 0.00167. The van der Waals surface area contributed by atoms with Gasteiger partial charge >= 0.3 is 0 Å². The molecule has 108 valence electrons. The van der Waals surface area contributed by atoms with E-state index in [4.69, 9.17) is 0 Å². The first-order valence-electron chi connectivity index (χ1n) is 6.82. The molecule has 1 aliphatic rings. The second-order valence-electron chi connectivity index (χ2n) is 5.19. The molecule has 5 heteroatoms. The first-order chi connectivity index (χ1) is 9.50. The Morgan fingerprint density at radius 1 is 1.10 bits per heavy atom. The van der Waals surface area contributed by atoms with E-state index in [1.54, 1.807) is 13.1 Å². The predicted octanol–water partition coefficient (Wildman–Crippen LogP) is 1.06. The fourth-order valence-electron chi connectivity index (χ4n) is 2.30. The number of anilines is 1. The van der Waals surface area contributed by atoms with Crippen LogP contribution in [0.4, 0.5) is 5.69 Å². The van der Waals surface area contributed by atoms with Crippen molar-refractivity contribution in [3.8, 4) is 0 Å². The van der Waals surface area contributed by atoms with Gasteiger partial charge in [0.1, 0.15) is 0 Å². The Morgan fingerprint density at radius 3 is 2.30 bits per heavy atom. The molecule has 20 heavy (non-hydrogen) atoms. The van der Waals surface area contributed by atoms with E-state index in [1.807, 2.05) is 23.1 Å². The third-order valence-corrected chi connectivity index (χ3v) is 3.76. The van der Waals surface area contributed by atoms with Gasteiger partial charge in [0.15, 0.2) is 0 Å². The van der Waals surface area contributed by atoms with Gasteiger partial charge in [-0.25, -0.2) is 0 Å². The first kappa shape index (κ1) is 14.5. The molecule has 0 saturated carbocycles. The summed E-state index contributed by atoms with van der Waals surface area (Å²) >= 11 is 0. The van der Waals surface area contributed by atoms with Crippen LogP contribution in [0.15, 0.2) is 24.3 Å². The van der Waals surface area contributed by atoms with E-state index in [2.05, 4.69) is 11.9 Å². The average Bonchev–Trinajstić information content (AvgIpc) is 2.46. The van der Waals surface area contributed by atoms with Crippen molar-refractivity contribution >= 4 is 17.5 Å². The van der Waals surface area contributed by atoms with E-state index < -0.39 is 0 Å². The highest BCUT2D eigenvalue weighted by molar-refractivity contribution is 6.04. The number of piperazine rings is 1. The number of hydrogen-bond acceptors (Lipinski definition) is 3. The highest BCUT2D eigenvalue weighted by Crippen LogP contribution is 2.21. The molecular formula is C15H21N3O2. The molecule has 2 rings (SSSR count). The Morgan fingerprint density at radius 2 is 1.70 bits per heavy atom. The van der Waals surface area contributed by atoms with E-state index in [9.17, 15) is 9.59 Å². The van der Waals surface area contributed by atoms with Crippen LogP contribution in [-0.4, -0.2) is 61.9 Å². The highest BCUT2D eigenvalue weighted by atomic mass is 16.2. The molecule has 0 aromatic heterocycles. The van der Waals surface area contributed by atoms with Crippen LogP contribution in [0.3, 0.4) is 0 Å². The zero-order chi connectivity index (χ0) is 14.7. The minimum atomic E-state index is -0.0800. The summed E-state index contributed by atoms with van der Waals surface area (Å²) in [5.41, 5.74) is 1.26. The molecule has 0 aliphatic carbocycles. The van der Waals surface area contributed by atoms with Crippen LogP contribution in [0.25, 0.3) is 0 Å². The number of nitrogens with zero attached hydrogens (tertiary/aromatic N) is 3. The topological polar surface area (TPSA) is 43.9 Å². The maximum absolute atomic E-state index is 12.6. The van der Waals surface area contributed by atoms with E-state index in [1.165, 1.54) is 11.8 Å². The summed E-state index contributed by atoms with van der Waals surface area (Å²) in [5.74, 6) is -0.0783. The zero-order valence-corrected chi connectivity index (χ0v) is 12.3. The molecule has 1 aromatic rings. The molecule has 0 N–H and O–H groups in total. The third-order valence-electron chi connectivity index (χ3n) is 3.76. The Balaban J connectivity index is 2.24. The average molecular weight is 275 g/mol. The van der Waals surface area contributed by atoms with Crippen LogP contribution in [0.5, 0.6) is 0 Å². The van der Waals surface area contributed by atoms with Gasteiger partial charge in [-0.3, -0.25) is 9.59 Å². The normalized spacial score (nSPS) is 16.1. The van der Waals surface area contributed by atoms with Crippen LogP contribution in [-0.2, 0) is 4.79 Å². The molecule has 2 amide bonds. The second-order valence-corrected chi connectivity index (χ2v) is 5.19. The number of rotatable bonds is 2. The predicted molar refractivity (Wildman–Crippen MR) is 78.9 cm³/mol. The van der Waals surface area contributed by atoms with E-state index in [0.29, 0.717) is 11.3 Å². The Kier molecular flexibility index (Phi) is 4.39. The van der Waals surface area contributed by atoms with Gasteiger partial charge in [0.2, 0.25) is 5.91 Å². The SMILES string of the molecule is CC(=O)N(C)c1ccccc1C(=O)N1CCN(C)CC1. The number of hydrogen-bond donors (Lipinski definition) is 0. The van der Waals surface area contributed by atoms with Crippen LogP contribution >= 0.6 is 0 Å². The minimum Gasteiger partial charge on any atom is -0.336 e. The summed E-state index contributed by atoms with van der Waals surface area (Å²) < 4.78 is 0. The summed E-state index contributed by atoms with van der Waals surface area (Å²) in [5, 5.41) is 0. The lowest BCUT2D eigenvalue weighted by atomic mass is 10.1. The van der Waals surface area contributed by atoms with Crippen molar-refractivity contribution in [3.05, 3.63) is 29.8 Å². The van der Waals surface area contributed by atoms with Crippen LogP contribution in [0, 0.1) is 0 Å². The molecule has 0 radical (unpaired) electrons. The van der Waals surface area contributed by atoms with Gasteiger partial charge in [-0.15, -0.1) is 0 Å². The van der Waals surface area contributed by atoms with Crippen LogP contribution < -0.4 is 4.90 Å². The van der Waals surface area contributed by atoms with Crippen molar-refractivity contribution < 1.29 is 9.59 Å². The number of amides is 2. The fraction of sp³-hybridized carbons (Fsp3) is 0.467. The molecule has 1 heterocycles. The summed E-state index contributed by atoms with van der Waals surface area (Å²) in [4.78, 5) is 29.7. The zero-order valence-electron chi connectivity index (χ0n) is 12.3. The quantitative estimate of drug-likeness (QED) is 0.810. The van der Waals surface area contributed by atoms with Gasteiger partial charge in [-0.2, -0.15) is 0 Å². The highest BCUT2D eigenvalue weighted by Gasteiger charge is 2.23. The number of para-hydroxylation sites is 1. The standard InChI is InChI=1S/C15H21N3O2/c1-12(19)17(3)14-7-5-4-6-13(14)15(20)18-10-8-16(2)9-11-18/h4-7H,8-11H2,1-3H3. The molecule has 0 atom stereocenters. The van der Waals surface area contributed by atoms with Crippen LogP contribution in [0.2, 0.25) is 0 Å². The first-order valence-corrected chi connectivity index (χ1v) is 6.82. The molecule has 1 fully saturated rings. The third kappa shape index (κ3) is 2.99.